The highest BCUT2D eigenvalue weighted by molar-refractivity contribution is 6.47. The SMILES string of the molecule is CCOC(=O)C1=NN(C(C)=O)C2(C)C(=O)N(c3c(C)cc(C)cc3C)C(=O)C12. The van der Waals surface area contributed by atoms with Gasteiger partial charge >= 0.3 is 5.97 Å². The molecule has 1 fully saturated rings. The zero-order valence-electron chi connectivity index (χ0n) is 16.8. The average Bonchev–Trinajstić information content (AvgIpc) is 3.00. The molecule has 1 saturated heterocycles. The van der Waals surface area contributed by atoms with E-state index in [4.69, 9.17) is 4.74 Å². The Bertz CT molecular complexity index is 928. The van der Waals surface area contributed by atoms with E-state index in [0.717, 1.165) is 26.6 Å². The van der Waals surface area contributed by atoms with Gasteiger partial charge in [0.15, 0.2) is 11.3 Å². The van der Waals surface area contributed by atoms with Gasteiger partial charge in [0.2, 0.25) is 11.8 Å². The number of hydrogen-bond acceptors (Lipinski definition) is 6. The molecular weight excluding hydrogens is 362 g/mol. The van der Waals surface area contributed by atoms with E-state index >= 15 is 0 Å². The smallest absolute Gasteiger partial charge is 0.355 e. The van der Waals surface area contributed by atoms with E-state index in [1.54, 1.807) is 6.92 Å². The van der Waals surface area contributed by atoms with Crippen molar-refractivity contribution in [3.05, 3.63) is 28.8 Å². The molecule has 3 amide bonds. The van der Waals surface area contributed by atoms with E-state index in [-0.39, 0.29) is 12.3 Å². The zero-order chi connectivity index (χ0) is 21.0. The van der Waals surface area contributed by atoms with E-state index < -0.39 is 35.1 Å². The minimum Gasteiger partial charge on any atom is -0.461 e. The summed E-state index contributed by atoms with van der Waals surface area (Å²) in [6.07, 6.45) is 0. The number of benzene rings is 1. The zero-order valence-corrected chi connectivity index (χ0v) is 16.8. The molecule has 0 spiro atoms. The maximum Gasteiger partial charge on any atom is 0.355 e. The number of carbonyl (C=O) groups is 4. The van der Waals surface area contributed by atoms with Crippen molar-refractivity contribution in [1.29, 1.82) is 0 Å². The summed E-state index contributed by atoms with van der Waals surface area (Å²) in [4.78, 5) is 52.5. The predicted molar refractivity (Wildman–Crippen MR) is 102 cm³/mol. The second kappa shape index (κ2) is 6.54. The maximum atomic E-state index is 13.4. The fraction of sp³-hybridized carbons (Fsp3) is 0.450. The number of rotatable bonds is 3. The Balaban J connectivity index is 2.18. The van der Waals surface area contributed by atoms with Gasteiger partial charge in [-0.1, -0.05) is 17.7 Å². The highest BCUT2D eigenvalue weighted by Crippen LogP contribution is 2.45. The van der Waals surface area contributed by atoms with Crippen LogP contribution in [-0.4, -0.2) is 46.6 Å². The van der Waals surface area contributed by atoms with Crippen molar-refractivity contribution in [3.63, 3.8) is 0 Å². The number of hydrazone groups is 1. The molecule has 8 heteroatoms. The lowest BCUT2D eigenvalue weighted by molar-refractivity contribution is -0.142. The summed E-state index contributed by atoms with van der Waals surface area (Å²) in [6, 6.07) is 3.75. The maximum absolute atomic E-state index is 13.4. The average molecular weight is 385 g/mol. The van der Waals surface area contributed by atoms with Crippen molar-refractivity contribution in [2.24, 2.45) is 11.0 Å². The summed E-state index contributed by atoms with van der Waals surface area (Å²) in [6.45, 7) is 9.98. The van der Waals surface area contributed by atoms with Gasteiger partial charge in [0, 0.05) is 6.92 Å². The lowest BCUT2D eigenvalue weighted by Gasteiger charge is -2.29. The van der Waals surface area contributed by atoms with Crippen LogP contribution < -0.4 is 4.90 Å². The Morgan fingerprint density at radius 3 is 2.25 bits per heavy atom. The number of aryl methyl sites for hydroxylation is 3. The molecule has 0 aliphatic carbocycles. The molecule has 1 aromatic rings. The summed E-state index contributed by atoms with van der Waals surface area (Å²) in [7, 11) is 0. The van der Waals surface area contributed by atoms with Crippen molar-refractivity contribution in [2.75, 3.05) is 11.5 Å². The number of carbonyl (C=O) groups excluding carboxylic acids is 4. The number of esters is 1. The van der Waals surface area contributed by atoms with Crippen LogP contribution in [0.4, 0.5) is 5.69 Å². The summed E-state index contributed by atoms with van der Waals surface area (Å²) >= 11 is 0. The monoisotopic (exact) mass is 385 g/mol. The first kappa shape index (κ1) is 19.7. The Hall–Kier alpha value is -3.03. The van der Waals surface area contributed by atoms with Crippen molar-refractivity contribution in [3.8, 4) is 0 Å². The van der Waals surface area contributed by atoms with Crippen molar-refractivity contribution >= 4 is 35.1 Å². The molecule has 0 N–H and O–H groups in total. The predicted octanol–water partition coefficient (Wildman–Crippen LogP) is 1.64. The first-order valence-corrected chi connectivity index (χ1v) is 9.08. The van der Waals surface area contributed by atoms with Crippen molar-refractivity contribution in [1.82, 2.24) is 5.01 Å². The van der Waals surface area contributed by atoms with Crippen LogP contribution in [0.2, 0.25) is 0 Å². The Kier molecular flexibility index (Phi) is 4.61. The highest BCUT2D eigenvalue weighted by atomic mass is 16.5. The summed E-state index contributed by atoms with van der Waals surface area (Å²) in [5, 5.41) is 4.94. The van der Waals surface area contributed by atoms with Crippen LogP contribution >= 0.6 is 0 Å². The molecule has 2 aliphatic rings. The third-order valence-electron chi connectivity index (χ3n) is 5.23. The first-order valence-electron chi connectivity index (χ1n) is 9.08. The third kappa shape index (κ3) is 2.55. The number of imide groups is 1. The van der Waals surface area contributed by atoms with Gasteiger partial charge in [-0.3, -0.25) is 14.4 Å². The fourth-order valence-electron chi connectivity index (χ4n) is 4.18. The van der Waals surface area contributed by atoms with Gasteiger partial charge in [0.05, 0.1) is 12.3 Å². The number of nitrogens with zero attached hydrogens (tertiary/aromatic N) is 3. The van der Waals surface area contributed by atoms with Gasteiger partial charge in [0.25, 0.3) is 5.91 Å². The number of hydrogen-bond donors (Lipinski definition) is 0. The molecular formula is C20H23N3O5. The molecule has 28 heavy (non-hydrogen) atoms. The van der Waals surface area contributed by atoms with Gasteiger partial charge < -0.3 is 4.74 Å². The lowest BCUT2D eigenvalue weighted by atomic mass is 9.85. The van der Waals surface area contributed by atoms with Gasteiger partial charge in [-0.25, -0.2) is 14.7 Å². The van der Waals surface area contributed by atoms with Crippen LogP contribution in [-0.2, 0) is 23.9 Å². The largest absolute Gasteiger partial charge is 0.461 e. The van der Waals surface area contributed by atoms with Crippen LogP contribution in [0.25, 0.3) is 0 Å². The molecule has 2 aliphatic heterocycles. The Labute approximate surface area is 163 Å². The minimum absolute atomic E-state index is 0.0867. The van der Waals surface area contributed by atoms with Gasteiger partial charge in [-0.2, -0.15) is 5.10 Å². The molecule has 148 valence electrons. The van der Waals surface area contributed by atoms with Crippen molar-refractivity contribution < 1.29 is 23.9 Å². The molecule has 8 nitrogen and oxygen atoms in total. The van der Waals surface area contributed by atoms with Crippen LogP contribution in [0.1, 0.15) is 37.5 Å². The quantitative estimate of drug-likeness (QED) is 0.582. The number of ether oxygens (including phenoxy) is 1. The van der Waals surface area contributed by atoms with Crippen LogP contribution in [0.3, 0.4) is 0 Å². The minimum atomic E-state index is -1.60. The summed E-state index contributed by atoms with van der Waals surface area (Å²) in [5.41, 5.74) is 1.17. The van der Waals surface area contributed by atoms with Gasteiger partial charge in [-0.15, -0.1) is 0 Å². The number of anilines is 1. The molecule has 1 aromatic carbocycles. The second-order valence-electron chi connectivity index (χ2n) is 7.34. The topological polar surface area (TPSA) is 96.3 Å². The molecule has 0 radical (unpaired) electrons. The molecule has 0 saturated carbocycles. The highest BCUT2D eigenvalue weighted by Gasteiger charge is 2.68. The van der Waals surface area contributed by atoms with E-state index in [9.17, 15) is 19.2 Å². The summed E-state index contributed by atoms with van der Waals surface area (Å²) in [5.74, 6) is -3.72. The lowest BCUT2D eigenvalue weighted by Crippen LogP contribution is -2.52. The normalized spacial score (nSPS) is 23.8. The van der Waals surface area contributed by atoms with E-state index in [1.165, 1.54) is 13.8 Å². The van der Waals surface area contributed by atoms with E-state index in [1.807, 2.05) is 32.9 Å². The van der Waals surface area contributed by atoms with Gasteiger partial charge in [0.1, 0.15) is 5.92 Å². The molecule has 0 aromatic heterocycles. The molecule has 3 rings (SSSR count). The van der Waals surface area contributed by atoms with E-state index in [2.05, 4.69) is 5.10 Å². The van der Waals surface area contributed by atoms with Crippen LogP contribution in [0.15, 0.2) is 17.2 Å². The molecule has 2 heterocycles. The van der Waals surface area contributed by atoms with Gasteiger partial charge in [-0.05, 0) is 45.7 Å². The van der Waals surface area contributed by atoms with Crippen molar-refractivity contribution in [2.45, 2.75) is 47.1 Å². The van der Waals surface area contributed by atoms with Crippen LogP contribution in [0.5, 0.6) is 0 Å². The summed E-state index contributed by atoms with van der Waals surface area (Å²) < 4.78 is 5.01. The Morgan fingerprint density at radius 1 is 1.18 bits per heavy atom. The first-order chi connectivity index (χ1) is 13.0. The molecule has 2 unspecified atom stereocenters. The molecule has 0 bridgehead atoms. The fourth-order valence-corrected chi connectivity index (χ4v) is 4.18. The molecule has 2 atom stereocenters. The van der Waals surface area contributed by atoms with E-state index in [0.29, 0.717) is 5.69 Å². The number of amides is 3. The van der Waals surface area contributed by atoms with Crippen LogP contribution in [0, 0.1) is 26.7 Å². The Morgan fingerprint density at radius 2 is 1.75 bits per heavy atom. The second-order valence-corrected chi connectivity index (χ2v) is 7.34. The standard InChI is InChI=1S/C20H23N3O5/c1-7-28-18(26)15-14-17(25)22(16-11(3)8-10(2)9-12(16)4)19(27)20(14,6)23(21-15)13(5)24/h8-9,14H,7H2,1-6H3. The third-order valence-corrected chi connectivity index (χ3v) is 5.23. The number of fused-ring (bicyclic) bond motifs is 1.